The van der Waals surface area contributed by atoms with E-state index in [0.717, 1.165) is 11.8 Å². The van der Waals surface area contributed by atoms with E-state index in [1.165, 1.54) is 19.2 Å². The van der Waals surface area contributed by atoms with Gasteiger partial charge in [0.05, 0.1) is 5.75 Å². The minimum atomic E-state index is -0.632. The Morgan fingerprint density at radius 2 is 1.88 bits per heavy atom. The van der Waals surface area contributed by atoms with Crippen molar-refractivity contribution in [2.75, 3.05) is 24.7 Å². The molecule has 136 valence electrons. The number of carbonyl (C=O) groups excluding carboxylic acids is 3. The molecule has 0 aromatic heterocycles. The van der Waals surface area contributed by atoms with Crippen LogP contribution >= 0.6 is 11.8 Å². The quantitative estimate of drug-likeness (QED) is 0.573. The van der Waals surface area contributed by atoms with E-state index in [4.69, 9.17) is 4.74 Å². The Morgan fingerprint density at radius 3 is 2.62 bits per heavy atom. The number of hydrogen-bond donors (Lipinski definition) is 2. The number of hydrogen-bond acceptors (Lipinski definition) is 5. The summed E-state index contributed by atoms with van der Waals surface area (Å²) in [6.07, 6.45) is 0. The molecule has 2 N–H and O–H groups in total. The number of ether oxygens (including phenoxy) is 1. The first-order valence-corrected chi connectivity index (χ1v) is 8.63. The molecule has 0 saturated heterocycles. The largest absolute Gasteiger partial charge is 0.455 e. The van der Waals surface area contributed by atoms with Gasteiger partial charge in [0.1, 0.15) is 5.82 Å². The van der Waals surface area contributed by atoms with Gasteiger partial charge >= 0.3 is 5.97 Å². The molecule has 0 spiro atoms. The van der Waals surface area contributed by atoms with Crippen LogP contribution in [0.3, 0.4) is 0 Å². The van der Waals surface area contributed by atoms with Crippen molar-refractivity contribution in [2.45, 2.75) is 4.90 Å². The van der Waals surface area contributed by atoms with Gasteiger partial charge in [0.2, 0.25) is 0 Å². The highest BCUT2D eigenvalue weighted by Crippen LogP contribution is 2.21. The van der Waals surface area contributed by atoms with Crippen LogP contribution in [-0.2, 0) is 14.3 Å². The SMILES string of the molecule is CNC(=O)c1cccc(NC(=O)COC(=O)CSc2ccccc2F)c1. The van der Waals surface area contributed by atoms with Crippen LogP contribution in [-0.4, -0.2) is 37.2 Å². The Kier molecular flexibility index (Phi) is 7.16. The highest BCUT2D eigenvalue weighted by Gasteiger charge is 2.11. The number of benzene rings is 2. The van der Waals surface area contributed by atoms with Gasteiger partial charge < -0.3 is 15.4 Å². The number of carbonyl (C=O) groups is 3. The zero-order valence-electron chi connectivity index (χ0n) is 14.0. The summed E-state index contributed by atoms with van der Waals surface area (Å²) >= 11 is 0.993. The Bertz CT molecular complexity index is 813. The van der Waals surface area contributed by atoms with Gasteiger partial charge in [-0.2, -0.15) is 0 Å². The fourth-order valence-corrected chi connectivity index (χ4v) is 2.70. The summed E-state index contributed by atoms with van der Waals surface area (Å²) < 4.78 is 18.3. The summed E-state index contributed by atoms with van der Waals surface area (Å²) in [6, 6.07) is 12.4. The molecule has 0 radical (unpaired) electrons. The minimum Gasteiger partial charge on any atom is -0.455 e. The van der Waals surface area contributed by atoms with Crippen molar-refractivity contribution in [1.29, 1.82) is 0 Å². The maximum atomic E-state index is 13.4. The first kappa shape index (κ1) is 19.5. The first-order valence-electron chi connectivity index (χ1n) is 7.64. The molecule has 6 nitrogen and oxygen atoms in total. The predicted molar refractivity (Wildman–Crippen MR) is 96.5 cm³/mol. The van der Waals surface area contributed by atoms with E-state index in [9.17, 15) is 18.8 Å². The van der Waals surface area contributed by atoms with Crippen molar-refractivity contribution in [2.24, 2.45) is 0 Å². The lowest BCUT2D eigenvalue weighted by atomic mass is 10.2. The molecule has 0 fully saturated rings. The molecule has 8 heteroatoms. The normalized spacial score (nSPS) is 10.1. The molecular weight excluding hydrogens is 359 g/mol. The standard InChI is InChI=1S/C18H17FN2O4S/c1-20-18(24)12-5-4-6-13(9-12)21-16(22)10-25-17(23)11-26-15-8-3-2-7-14(15)19/h2-9H,10-11H2,1H3,(H,20,24)(H,21,22). The molecule has 2 rings (SSSR count). The zero-order chi connectivity index (χ0) is 18.9. The number of rotatable bonds is 7. The molecule has 0 heterocycles. The van der Waals surface area contributed by atoms with Gasteiger partial charge in [-0.25, -0.2) is 4.39 Å². The third-order valence-corrected chi connectivity index (χ3v) is 4.20. The molecule has 0 unspecified atom stereocenters. The fraction of sp³-hybridized carbons (Fsp3) is 0.167. The monoisotopic (exact) mass is 376 g/mol. The van der Waals surface area contributed by atoms with Gasteiger partial charge in [0.15, 0.2) is 6.61 Å². The van der Waals surface area contributed by atoms with Crippen LogP contribution in [0.4, 0.5) is 10.1 Å². The summed E-state index contributed by atoms with van der Waals surface area (Å²) in [7, 11) is 1.51. The van der Waals surface area contributed by atoms with Crippen molar-refractivity contribution in [1.82, 2.24) is 5.32 Å². The summed E-state index contributed by atoms with van der Waals surface area (Å²) in [5.41, 5.74) is 0.802. The molecule has 2 amide bonds. The summed E-state index contributed by atoms with van der Waals surface area (Å²) in [5, 5.41) is 5.02. The van der Waals surface area contributed by atoms with Crippen molar-refractivity contribution in [3.05, 3.63) is 59.9 Å². The number of anilines is 1. The van der Waals surface area contributed by atoms with Crippen LogP contribution in [0.15, 0.2) is 53.4 Å². The van der Waals surface area contributed by atoms with Crippen molar-refractivity contribution >= 4 is 35.2 Å². The lowest BCUT2D eigenvalue weighted by Gasteiger charge is -2.08. The van der Waals surface area contributed by atoms with Crippen molar-refractivity contribution in [3.8, 4) is 0 Å². The van der Waals surface area contributed by atoms with Gasteiger partial charge in [-0.1, -0.05) is 18.2 Å². The van der Waals surface area contributed by atoms with Crippen LogP contribution in [0.2, 0.25) is 0 Å². The van der Waals surface area contributed by atoms with Gasteiger partial charge in [-0.15, -0.1) is 11.8 Å². The molecule has 0 saturated carbocycles. The number of nitrogens with one attached hydrogen (secondary N) is 2. The van der Waals surface area contributed by atoms with E-state index in [1.54, 1.807) is 36.4 Å². The highest BCUT2D eigenvalue weighted by molar-refractivity contribution is 8.00. The van der Waals surface area contributed by atoms with Crippen molar-refractivity contribution in [3.63, 3.8) is 0 Å². The average Bonchev–Trinajstić information content (AvgIpc) is 2.65. The molecule has 2 aromatic carbocycles. The number of halogens is 1. The minimum absolute atomic E-state index is 0.111. The molecule has 0 atom stereocenters. The Morgan fingerprint density at radius 1 is 1.12 bits per heavy atom. The first-order chi connectivity index (χ1) is 12.5. The van der Waals surface area contributed by atoms with E-state index in [-0.39, 0.29) is 11.7 Å². The maximum Gasteiger partial charge on any atom is 0.316 e. The molecular formula is C18H17FN2O4S. The van der Waals surface area contributed by atoms with E-state index in [1.807, 2.05) is 0 Å². The number of esters is 1. The smallest absolute Gasteiger partial charge is 0.316 e. The molecule has 26 heavy (non-hydrogen) atoms. The Hall–Kier alpha value is -2.87. The third kappa shape index (κ3) is 5.89. The van der Waals surface area contributed by atoms with Gasteiger partial charge in [-0.05, 0) is 30.3 Å². The van der Waals surface area contributed by atoms with Crippen LogP contribution in [0.1, 0.15) is 10.4 Å². The molecule has 0 bridgehead atoms. The summed E-state index contributed by atoms with van der Waals surface area (Å²) in [4.78, 5) is 35.4. The predicted octanol–water partition coefficient (Wildman–Crippen LogP) is 2.46. The summed E-state index contributed by atoms with van der Waals surface area (Å²) in [5.74, 6) is -1.98. The van der Waals surface area contributed by atoms with E-state index in [0.29, 0.717) is 16.1 Å². The fourth-order valence-electron chi connectivity index (χ4n) is 1.97. The van der Waals surface area contributed by atoms with Crippen LogP contribution in [0.25, 0.3) is 0 Å². The number of amides is 2. The molecule has 0 aliphatic rings. The van der Waals surface area contributed by atoms with E-state index in [2.05, 4.69) is 10.6 Å². The second kappa shape index (κ2) is 9.57. The van der Waals surface area contributed by atoms with Gasteiger partial charge in [0, 0.05) is 23.2 Å². The Labute approximate surface area is 154 Å². The summed E-state index contributed by atoms with van der Waals surface area (Å²) in [6.45, 7) is -0.471. The topological polar surface area (TPSA) is 84.5 Å². The average molecular weight is 376 g/mol. The molecule has 2 aromatic rings. The van der Waals surface area contributed by atoms with Gasteiger partial charge in [-0.3, -0.25) is 14.4 Å². The van der Waals surface area contributed by atoms with Crippen LogP contribution in [0, 0.1) is 5.82 Å². The second-order valence-electron chi connectivity index (χ2n) is 5.09. The molecule has 0 aliphatic heterocycles. The van der Waals surface area contributed by atoms with Crippen molar-refractivity contribution < 1.29 is 23.5 Å². The van der Waals surface area contributed by atoms with E-state index >= 15 is 0 Å². The van der Waals surface area contributed by atoms with E-state index < -0.39 is 24.3 Å². The van der Waals surface area contributed by atoms with Crippen LogP contribution in [0.5, 0.6) is 0 Å². The van der Waals surface area contributed by atoms with Gasteiger partial charge in [0.25, 0.3) is 11.8 Å². The molecule has 0 aliphatic carbocycles. The maximum absolute atomic E-state index is 13.4. The number of thioether (sulfide) groups is 1. The van der Waals surface area contributed by atoms with Crippen LogP contribution < -0.4 is 10.6 Å². The lowest BCUT2D eigenvalue weighted by Crippen LogP contribution is -2.22. The highest BCUT2D eigenvalue weighted by atomic mass is 32.2. The third-order valence-electron chi connectivity index (χ3n) is 3.18. The second-order valence-corrected chi connectivity index (χ2v) is 6.11. The zero-order valence-corrected chi connectivity index (χ0v) is 14.8. The lowest BCUT2D eigenvalue weighted by molar-refractivity contribution is -0.144. The Balaban J connectivity index is 1.78.